The quantitative estimate of drug-likeness (QED) is 0.496. The third-order valence-electron chi connectivity index (χ3n) is 2.54. The van der Waals surface area contributed by atoms with Crippen molar-refractivity contribution in [1.29, 1.82) is 0 Å². The van der Waals surface area contributed by atoms with Gasteiger partial charge in [0.05, 0.1) is 11.5 Å². The highest BCUT2D eigenvalue weighted by Gasteiger charge is 2.27. The molecule has 116 valence electrons. The van der Waals surface area contributed by atoms with Crippen LogP contribution in [0.5, 0.6) is 0 Å². The molecule has 0 spiro atoms. The van der Waals surface area contributed by atoms with E-state index in [0.717, 1.165) is 0 Å². The summed E-state index contributed by atoms with van der Waals surface area (Å²) in [4.78, 5) is 21.9. The van der Waals surface area contributed by atoms with E-state index in [9.17, 15) is 28.1 Å². The number of nitrogens with one attached hydrogen (secondary N) is 1. The first-order valence-electron chi connectivity index (χ1n) is 5.89. The average Bonchev–Trinajstić information content (AvgIpc) is 2.36. The molecule has 6 nitrogen and oxygen atoms in total. The molecule has 0 aliphatic rings. The number of ether oxygens (including phenoxy) is 1. The Labute approximate surface area is 118 Å². The fraction of sp³-hybridized carbons (Fsp3) is 0.417. The van der Waals surface area contributed by atoms with E-state index in [1.807, 2.05) is 0 Å². The molecule has 0 saturated carbocycles. The van der Waals surface area contributed by atoms with Gasteiger partial charge in [-0.05, 0) is 13.0 Å². The first-order chi connectivity index (χ1) is 9.72. The van der Waals surface area contributed by atoms with E-state index in [0.29, 0.717) is 0 Å². The number of nitrogens with zero attached hydrogens (tertiary/aromatic N) is 1. The Morgan fingerprint density at radius 2 is 2.10 bits per heavy atom. The lowest BCUT2D eigenvalue weighted by molar-refractivity contribution is -0.385. The molecule has 9 heteroatoms. The first kappa shape index (κ1) is 16.9. The topological polar surface area (TPSA) is 81.5 Å². The molecule has 0 fully saturated rings. The molecule has 0 heterocycles. The van der Waals surface area contributed by atoms with Gasteiger partial charge in [-0.1, -0.05) is 6.07 Å². The number of alkyl halides is 3. The van der Waals surface area contributed by atoms with Crippen molar-refractivity contribution in [3.63, 3.8) is 0 Å². The lowest BCUT2D eigenvalue weighted by atomic mass is 10.1. The molecule has 1 N–H and O–H groups in total. The third-order valence-corrected chi connectivity index (χ3v) is 2.54. The van der Waals surface area contributed by atoms with E-state index >= 15 is 0 Å². The van der Waals surface area contributed by atoms with Gasteiger partial charge < -0.3 is 10.1 Å². The Kier molecular flexibility index (Phi) is 5.65. The van der Waals surface area contributed by atoms with Gasteiger partial charge in [0, 0.05) is 23.7 Å². The lowest BCUT2D eigenvalue weighted by Gasteiger charge is -2.09. The molecule has 0 aliphatic heterocycles. The number of carbonyl (C=O) groups is 1. The van der Waals surface area contributed by atoms with Crippen molar-refractivity contribution < 1.29 is 27.6 Å². The van der Waals surface area contributed by atoms with Crippen LogP contribution in [0.4, 0.5) is 18.9 Å². The summed E-state index contributed by atoms with van der Waals surface area (Å²) < 4.78 is 39.7. The monoisotopic (exact) mass is 306 g/mol. The van der Waals surface area contributed by atoms with Crippen LogP contribution < -0.4 is 5.32 Å². The number of benzene rings is 1. The van der Waals surface area contributed by atoms with Gasteiger partial charge in [0.2, 0.25) is 0 Å². The van der Waals surface area contributed by atoms with Crippen molar-refractivity contribution in [2.45, 2.75) is 13.1 Å². The summed E-state index contributed by atoms with van der Waals surface area (Å²) in [6, 6.07) is 4.02. The number of hydrogen-bond donors (Lipinski definition) is 1. The summed E-state index contributed by atoms with van der Waals surface area (Å²) >= 11 is 0. The Morgan fingerprint density at radius 1 is 1.43 bits per heavy atom. The summed E-state index contributed by atoms with van der Waals surface area (Å²) in [5, 5.41) is 13.1. The fourth-order valence-electron chi connectivity index (χ4n) is 1.59. The molecule has 1 amide bonds. The second-order valence-electron chi connectivity index (χ2n) is 4.13. The van der Waals surface area contributed by atoms with Crippen molar-refractivity contribution in [1.82, 2.24) is 5.32 Å². The molecule has 0 atom stereocenters. The number of carbonyl (C=O) groups excluding carboxylic acids is 1. The number of hydrogen-bond acceptors (Lipinski definition) is 4. The predicted octanol–water partition coefficient (Wildman–Crippen LogP) is 2.21. The zero-order valence-corrected chi connectivity index (χ0v) is 11.1. The van der Waals surface area contributed by atoms with Crippen LogP contribution in [0.15, 0.2) is 18.2 Å². The summed E-state index contributed by atoms with van der Waals surface area (Å²) in [5.41, 5.74) is 0.0900. The molecule has 0 unspecified atom stereocenters. The first-order valence-corrected chi connectivity index (χ1v) is 5.89. The maximum absolute atomic E-state index is 11.8. The highest BCUT2D eigenvalue weighted by molar-refractivity contribution is 5.96. The van der Waals surface area contributed by atoms with Crippen LogP contribution in [0, 0.1) is 17.0 Å². The van der Waals surface area contributed by atoms with Gasteiger partial charge in [-0.2, -0.15) is 13.2 Å². The van der Waals surface area contributed by atoms with Gasteiger partial charge in [0.25, 0.3) is 11.6 Å². The van der Waals surface area contributed by atoms with Gasteiger partial charge >= 0.3 is 6.18 Å². The molecule has 0 saturated heterocycles. The molecule has 0 aliphatic carbocycles. The van der Waals surface area contributed by atoms with E-state index in [2.05, 4.69) is 10.1 Å². The molecule has 0 radical (unpaired) electrons. The molecule has 21 heavy (non-hydrogen) atoms. The van der Waals surface area contributed by atoms with Crippen molar-refractivity contribution in [2.75, 3.05) is 19.8 Å². The van der Waals surface area contributed by atoms with Crippen LogP contribution in [0.1, 0.15) is 15.9 Å². The van der Waals surface area contributed by atoms with E-state index in [4.69, 9.17) is 0 Å². The van der Waals surface area contributed by atoms with E-state index < -0.39 is 23.6 Å². The minimum atomic E-state index is -4.42. The predicted molar refractivity (Wildman–Crippen MR) is 67.0 cm³/mol. The maximum atomic E-state index is 11.8. The summed E-state index contributed by atoms with van der Waals surface area (Å²) in [5.74, 6) is -0.605. The zero-order chi connectivity index (χ0) is 16.0. The number of nitro groups is 1. The van der Waals surface area contributed by atoms with Crippen molar-refractivity contribution in [3.05, 3.63) is 39.4 Å². The number of halogens is 3. The van der Waals surface area contributed by atoms with Gasteiger partial charge in [-0.3, -0.25) is 14.9 Å². The van der Waals surface area contributed by atoms with Gasteiger partial charge in [-0.25, -0.2) is 0 Å². The fourth-order valence-corrected chi connectivity index (χ4v) is 1.59. The number of nitro benzene ring substituents is 1. The normalized spacial score (nSPS) is 11.2. The lowest BCUT2D eigenvalue weighted by Crippen LogP contribution is -2.29. The molecule has 1 aromatic carbocycles. The van der Waals surface area contributed by atoms with Crippen LogP contribution in [0.3, 0.4) is 0 Å². The average molecular weight is 306 g/mol. The van der Waals surface area contributed by atoms with Crippen LogP contribution in [0.2, 0.25) is 0 Å². The minimum Gasteiger partial charge on any atom is -0.370 e. The van der Waals surface area contributed by atoms with Gasteiger partial charge in [0.1, 0.15) is 6.61 Å². The van der Waals surface area contributed by atoms with Crippen molar-refractivity contribution in [3.8, 4) is 0 Å². The Balaban J connectivity index is 2.53. The van der Waals surface area contributed by atoms with Crippen LogP contribution in [-0.4, -0.2) is 36.8 Å². The van der Waals surface area contributed by atoms with Crippen molar-refractivity contribution in [2.24, 2.45) is 0 Å². The Bertz CT molecular complexity index is 532. The number of rotatable bonds is 6. The molecular formula is C12H13F3N2O4. The molecule has 0 aromatic heterocycles. The van der Waals surface area contributed by atoms with Crippen LogP contribution >= 0.6 is 0 Å². The molecule has 0 bridgehead atoms. The summed E-state index contributed by atoms with van der Waals surface area (Å²) in [6.45, 7) is -0.401. The zero-order valence-electron chi connectivity index (χ0n) is 11.1. The second-order valence-corrected chi connectivity index (χ2v) is 4.13. The number of amides is 1. The van der Waals surface area contributed by atoms with E-state index in [1.54, 1.807) is 0 Å². The Morgan fingerprint density at radius 3 is 2.67 bits per heavy atom. The van der Waals surface area contributed by atoms with Gasteiger partial charge in [-0.15, -0.1) is 0 Å². The summed E-state index contributed by atoms with van der Waals surface area (Å²) in [7, 11) is 0. The largest absolute Gasteiger partial charge is 0.411 e. The van der Waals surface area contributed by atoms with Crippen LogP contribution in [-0.2, 0) is 4.74 Å². The van der Waals surface area contributed by atoms with E-state index in [1.165, 1.54) is 25.1 Å². The summed E-state index contributed by atoms with van der Waals surface area (Å²) in [6.07, 6.45) is -4.42. The Hall–Kier alpha value is -2.16. The third kappa shape index (κ3) is 5.38. The van der Waals surface area contributed by atoms with Gasteiger partial charge in [0.15, 0.2) is 0 Å². The van der Waals surface area contributed by atoms with E-state index in [-0.39, 0.29) is 30.0 Å². The van der Waals surface area contributed by atoms with Crippen molar-refractivity contribution >= 4 is 11.6 Å². The smallest absolute Gasteiger partial charge is 0.370 e. The molecule has 1 aromatic rings. The maximum Gasteiger partial charge on any atom is 0.411 e. The highest BCUT2D eigenvalue weighted by atomic mass is 19.4. The SMILES string of the molecule is Cc1c(C(=O)NCCOCC(F)(F)F)cccc1[N+](=O)[O-]. The molecular weight excluding hydrogens is 293 g/mol. The standard InChI is InChI=1S/C12H13F3N2O4/c1-8-9(3-2-4-10(8)17(19)20)11(18)16-5-6-21-7-12(13,14)15/h2-4H,5-7H2,1H3,(H,16,18). The minimum absolute atomic E-state index is 0.0972. The van der Waals surface area contributed by atoms with Crippen LogP contribution in [0.25, 0.3) is 0 Å². The second kappa shape index (κ2) is 7.02. The molecule has 1 rings (SSSR count). The highest BCUT2D eigenvalue weighted by Crippen LogP contribution is 2.20.